The predicted molar refractivity (Wildman–Crippen MR) is 152 cm³/mol. The van der Waals surface area contributed by atoms with Crippen LogP contribution in [0.5, 0.6) is 0 Å². The summed E-state index contributed by atoms with van der Waals surface area (Å²) in [5, 5.41) is 2.18. The number of amides is 1. The van der Waals surface area contributed by atoms with Gasteiger partial charge in [-0.25, -0.2) is 23.1 Å². The van der Waals surface area contributed by atoms with Crippen molar-refractivity contribution >= 4 is 28.8 Å². The lowest BCUT2D eigenvalue weighted by atomic mass is 9.95. The van der Waals surface area contributed by atoms with Gasteiger partial charge in [-0.05, 0) is 39.0 Å². The van der Waals surface area contributed by atoms with E-state index in [0.29, 0.717) is 19.3 Å². The van der Waals surface area contributed by atoms with Crippen LogP contribution in [0, 0.1) is 17.5 Å². The van der Waals surface area contributed by atoms with Crippen LogP contribution in [0.25, 0.3) is 5.57 Å². The third kappa shape index (κ3) is 6.14. The zero-order valence-corrected chi connectivity index (χ0v) is 24.0. The van der Waals surface area contributed by atoms with Gasteiger partial charge < -0.3 is 20.1 Å². The molecule has 2 aliphatic rings. The van der Waals surface area contributed by atoms with Gasteiger partial charge in [0.15, 0.2) is 17.5 Å². The second kappa shape index (κ2) is 11.9. The largest absolute Gasteiger partial charge is 0.417 e. The summed E-state index contributed by atoms with van der Waals surface area (Å²) in [6.07, 6.45) is -0.750. The van der Waals surface area contributed by atoms with Crippen LogP contribution in [0.4, 0.5) is 43.7 Å². The molecule has 1 fully saturated rings. The number of alkyl halides is 3. The first-order valence-electron chi connectivity index (χ1n) is 13.8. The Bertz CT molecular complexity index is 1650. The molecule has 1 amide bonds. The first-order valence-corrected chi connectivity index (χ1v) is 13.8. The molecule has 0 bridgehead atoms. The molecule has 2 aromatic heterocycles. The fourth-order valence-electron chi connectivity index (χ4n) is 5.46. The van der Waals surface area contributed by atoms with E-state index in [-0.39, 0.29) is 54.9 Å². The molecule has 9 nitrogen and oxygen atoms in total. The Morgan fingerprint density at radius 1 is 1.02 bits per heavy atom. The summed E-state index contributed by atoms with van der Waals surface area (Å²) in [5.41, 5.74) is -4.20. The number of aromatic amines is 1. The number of aromatic nitrogens is 3. The lowest BCUT2D eigenvalue weighted by Crippen LogP contribution is -2.55. The Labute approximate surface area is 248 Å². The van der Waals surface area contributed by atoms with Crippen molar-refractivity contribution in [3.8, 4) is 0 Å². The van der Waals surface area contributed by atoms with Crippen LogP contribution in [0.1, 0.15) is 41.8 Å². The number of nitrogens with zero attached hydrogens (tertiary/aromatic N) is 5. The van der Waals surface area contributed by atoms with Gasteiger partial charge in [0.25, 0.3) is 5.91 Å². The molecular weight excluding hydrogens is 592 g/mol. The minimum Gasteiger partial charge on any atom is -0.366 e. The summed E-state index contributed by atoms with van der Waals surface area (Å²) in [5.74, 6) is -3.76. The van der Waals surface area contributed by atoms with Crippen LogP contribution in [0.15, 0.2) is 41.6 Å². The molecule has 1 saturated heterocycles. The predicted octanol–water partition coefficient (Wildman–Crippen LogP) is 4.68. The Morgan fingerprint density at radius 2 is 1.68 bits per heavy atom. The molecule has 2 atom stereocenters. The van der Waals surface area contributed by atoms with Gasteiger partial charge in [0.05, 0.1) is 40.5 Å². The number of hydrogen-bond acceptors (Lipinski definition) is 7. The number of rotatable bonds is 5. The molecule has 1 aromatic carbocycles. The number of likely N-dealkylation sites (N-methyl/N-ethyl adjacent to an activating group) is 1. The highest BCUT2D eigenvalue weighted by Crippen LogP contribution is 2.39. The van der Waals surface area contributed by atoms with Crippen LogP contribution in [0.2, 0.25) is 0 Å². The summed E-state index contributed by atoms with van der Waals surface area (Å²) >= 11 is 0. The Hall–Kier alpha value is -4.40. The Kier molecular flexibility index (Phi) is 8.42. The average molecular weight is 622 g/mol. The minimum absolute atomic E-state index is 0.0154. The maximum atomic E-state index is 16.3. The molecule has 0 unspecified atom stereocenters. The van der Waals surface area contributed by atoms with Crippen LogP contribution < -0.4 is 20.7 Å². The first-order chi connectivity index (χ1) is 20.7. The fourth-order valence-corrected chi connectivity index (χ4v) is 5.46. The number of anilines is 3. The lowest BCUT2D eigenvalue weighted by Gasteiger charge is -2.43. The van der Waals surface area contributed by atoms with E-state index in [1.54, 1.807) is 15.9 Å². The van der Waals surface area contributed by atoms with Crippen LogP contribution >= 0.6 is 0 Å². The van der Waals surface area contributed by atoms with Crippen molar-refractivity contribution in [3.63, 3.8) is 0 Å². The number of piperazine rings is 1. The average Bonchev–Trinajstić information content (AvgIpc) is 2.97. The second-order valence-electron chi connectivity index (χ2n) is 10.9. The van der Waals surface area contributed by atoms with Crippen LogP contribution in [-0.4, -0.2) is 71.1 Å². The molecule has 15 heteroatoms. The van der Waals surface area contributed by atoms with Crippen molar-refractivity contribution < 1.29 is 31.1 Å². The van der Waals surface area contributed by atoms with E-state index >= 15 is 8.78 Å². The number of H-pyrrole nitrogens is 1. The summed E-state index contributed by atoms with van der Waals surface area (Å²) in [6.45, 7) is 4.99. The number of nitrogens with one attached hydrogen (secondary N) is 2. The molecular formula is C29H29F6N7O2. The molecule has 4 heterocycles. The van der Waals surface area contributed by atoms with Crippen molar-refractivity contribution in [2.24, 2.45) is 0 Å². The normalized spacial score (nSPS) is 19.6. The zero-order chi connectivity index (χ0) is 31.9. The molecule has 0 aliphatic carbocycles. The van der Waals surface area contributed by atoms with Gasteiger partial charge in [-0.1, -0.05) is 6.08 Å². The maximum Gasteiger partial charge on any atom is 0.417 e. The van der Waals surface area contributed by atoms with Crippen LogP contribution in [0.3, 0.4) is 0 Å². The van der Waals surface area contributed by atoms with E-state index in [1.165, 1.54) is 0 Å². The molecule has 0 radical (unpaired) electrons. The lowest BCUT2D eigenvalue weighted by molar-refractivity contribution is -0.138. The van der Waals surface area contributed by atoms with Gasteiger partial charge in [-0.15, -0.1) is 0 Å². The summed E-state index contributed by atoms with van der Waals surface area (Å²) in [7, 11) is 1.93. The number of carbonyl (C=O) groups excluding carboxylic acids is 1. The fraction of sp³-hybridized carbons (Fsp3) is 0.379. The molecule has 0 spiro atoms. The first kappa shape index (κ1) is 31.0. The van der Waals surface area contributed by atoms with Gasteiger partial charge >= 0.3 is 6.18 Å². The minimum atomic E-state index is -5.04. The van der Waals surface area contributed by atoms with E-state index in [0.717, 1.165) is 18.5 Å². The van der Waals surface area contributed by atoms with Gasteiger partial charge in [0.2, 0.25) is 11.5 Å². The highest BCUT2D eigenvalue weighted by atomic mass is 19.4. The van der Waals surface area contributed by atoms with Gasteiger partial charge in [0.1, 0.15) is 0 Å². The number of halogens is 6. The summed E-state index contributed by atoms with van der Waals surface area (Å²) in [6, 6.07) is 1.29. The molecule has 2 aliphatic heterocycles. The van der Waals surface area contributed by atoms with Crippen molar-refractivity contribution in [1.29, 1.82) is 0 Å². The van der Waals surface area contributed by atoms with E-state index < -0.39 is 57.5 Å². The van der Waals surface area contributed by atoms with Crippen molar-refractivity contribution in [2.75, 3.05) is 48.3 Å². The highest BCUT2D eigenvalue weighted by molar-refractivity contribution is 6.05. The third-order valence-electron chi connectivity index (χ3n) is 8.02. The van der Waals surface area contributed by atoms with E-state index in [2.05, 4.69) is 20.2 Å². The van der Waals surface area contributed by atoms with Gasteiger partial charge in [0, 0.05) is 50.5 Å². The Balaban J connectivity index is 1.56. The van der Waals surface area contributed by atoms with Gasteiger partial charge in [-0.2, -0.15) is 13.2 Å². The quantitative estimate of drug-likeness (QED) is 0.400. The molecule has 234 valence electrons. The molecule has 5 rings (SSSR count). The number of carbonyl (C=O) groups is 1. The standard InChI is InChI=1S/C29H29F6N7O2/c1-15-13-42(14-16(2)40(15)3)22-9-21(39-27(44)19-12-36-23(43)8-20(19)29(33,34)35)25(31)24(26(22)32)17-4-6-41(7-5-17)28-37-10-18(30)11-38-28/h4,8-12,15-16H,5-7,13-14H2,1-3H3,(H,36,43)(H,39,44)/t15-,16+. The van der Waals surface area contributed by atoms with Crippen LogP contribution in [-0.2, 0) is 6.18 Å². The number of pyridine rings is 1. The van der Waals surface area contributed by atoms with Gasteiger partial charge in [-0.3, -0.25) is 14.5 Å². The number of benzene rings is 1. The van der Waals surface area contributed by atoms with Crippen molar-refractivity contribution in [1.82, 2.24) is 19.9 Å². The summed E-state index contributed by atoms with van der Waals surface area (Å²) in [4.78, 5) is 40.1. The molecule has 0 saturated carbocycles. The third-order valence-corrected chi connectivity index (χ3v) is 8.02. The molecule has 3 aromatic rings. The van der Waals surface area contributed by atoms with Crippen molar-refractivity contribution in [2.45, 2.75) is 38.5 Å². The van der Waals surface area contributed by atoms with E-state index in [4.69, 9.17) is 0 Å². The molecule has 44 heavy (non-hydrogen) atoms. The second-order valence-corrected chi connectivity index (χ2v) is 10.9. The SMILES string of the molecule is C[C@@H]1CN(c2cc(NC(=O)c3c[nH]c(=O)cc3C(F)(F)F)c(F)c(C3=CCN(c4ncc(F)cn4)CC3)c2F)C[C@H](C)N1C. The smallest absolute Gasteiger partial charge is 0.366 e. The van der Waals surface area contributed by atoms with E-state index in [9.17, 15) is 27.2 Å². The Morgan fingerprint density at radius 3 is 2.27 bits per heavy atom. The zero-order valence-electron chi connectivity index (χ0n) is 24.0. The number of hydrogen-bond donors (Lipinski definition) is 2. The monoisotopic (exact) mass is 621 g/mol. The van der Waals surface area contributed by atoms with E-state index in [1.807, 2.05) is 25.9 Å². The summed E-state index contributed by atoms with van der Waals surface area (Å²) < 4.78 is 86.7. The maximum absolute atomic E-state index is 16.3. The topological polar surface area (TPSA) is 97.5 Å². The highest BCUT2D eigenvalue weighted by Gasteiger charge is 2.37. The molecule has 2 N–H and O–H groups in total. The van der Waals surface area contributed by atoms with Crippen molar-refractivity contribution in [3.05, 3.63) is 81.3 Å².